The Morgan fingerprint density at radius 1 is 1.10 bits per heavy atom. The van der Waals surface area contributed by atoms with Gasteiger partial charge in [0.25, 0.3) is 11.5 Å². The van der Waals surface area contributed by atoms with E-state index in [1.165, 1.54) is 6.92 Å². The summed E-state index contributed by atoms with van der Waals surface area (Å²) >= 11 is 0. The zero-order chi connectivity index (χ0) is 21.5. The molecule has 1 saturated heterocycles. The summed E-state index contributed by atoms with van der Waals surface area (Å²) in [7, 11) is 0. The molecule has 9 heteroatoms. The highest BCUT2D eigenvalue weighted by atomic mass is 19.3. The smallest absolute Gasteiger partial charge is 0.329 e. The molecule has 3 N–H and O–H groups in total. The lowest BCUT2D eigenvalue weighted by Crippen LogP contribution is -2.52. The zero-order valence-corrected chi connectivity index (χ0v) is 17.0. The summed E-state index contributed by atoms with van der Waals surface area (Å²) in [6.45, 7) is 3.91. The van der Waals surface area contributed by atoms with Crippen LogP contribution < -0.4 is 21.9 Å². The number of aromatic nitrogens is 2. The van der Waals surface area contributed by atoms with Crippen LogP contribution in [0.2, 0.25) is 0 Å². The van der Waals surface area contributed by atoms with E-state index in [1.54, 1.807) is 16.4 Å². The molecule has 6 nitrogen and oxygen atoms in total. The van der Waals surface area contributed by atoms with Crippen molar-refractivity contribution in [1.82, 2.24) is 9.55 Å². The number of nitrogens with two attached hydrogens (primary N) is 1. The van der Waals surface area contributed by atoms with Crippen molar-refractivity contribution in [3.8, 4) is 0 Å². The van der Waals surface area contributed by atoms with Gasteiger partial charge in [-0.05, 0) is 39.0 Å². The van der Waals surface area contributed by atoms with E-state index >= 15 is 4.39 Å². The Labute approximate surface area is 170 Å². The van der Waals surface area contributed by atoms with Gasteiger partial charge in [-0.1, -0.05) is 0 Å². The van der Waals surface area contributed by atoms with E-state index < -0.39 is 34.9 Å². The van der Waals surface area contributed by atoms with Gasteiger partial charge < -0.3 is 10.6 Å². The maximum Gasteiger partial charge on any atom is 0.329 e. The van der Waals surface area contributed by atoms with Crippen LogP contribution >= 0.6 is 0 Å². The number of benzene rings is 1. The molecule has 2 saturated carbocycles. The number of aromatic amines is 1. The predicted molar refractivity (Wildman–Crippen MR) is 108 cm³/mol. The zero-order valence-electron chi connectivity index (χ0n) is 17.0. The van der Waals surface area contributed by atoms with Gasteiger partial charge in [0.1, 0.15) is 0 Å². The van der Waals surface area contributed by atoms with Crippen molar-refractivity contribution in [2.75, 3.05) is 18.0 Å². The molecule has 1 aromatic carbocycles. The number of fused-ring (bicyclic) bond motifs is 2. The summed E-state index contributed by atoms with van der Waals surface area (Å²) in [5, 5.41) is 0.181. The molecule has 30 heavy (non-hydrogen) atoms. The Balaban J connectivity index is 1.69. The van der Waals surface area contributed by atoms with E-state index in [4.69, 9.17) is 5.73 Å². The highest BCUT2D eigenvalue weighted by molar-refractivity contribution is 5.90. The van der Waals surface area contributed by atoms with Crippen molar-refractivity contribution in [3.63, 3.8) is 0 Å². The normalized spacial score (nSPS) is 28.2. The summed E-state index contributed by atoms with van der Waals surface area (Å²) in [6.07, 6.45) is 1.74. The number of nitrogens with zero attached hydrogens (tertiary/aromatic N) is 2. The van der Waals surface area contributed by atoms with Crippen LogP contribution in [0.4, 0.5) is 18.9 Å². The highest BCUT2D eigenvalue weighted by Gasteiger charge is 2.52. The SMILES string of the molecule is Cc1c(F)c(N2CC3CCC(F)(F)C(N)C3C2)c(C)c2c1c(=O)[nH]c(=O)n2C1CC1. The van der Waals surface area contributed by atoms with Crippen LogP contribution in [0, 0.1) is 31.5 Å². The second-order valence-corrected chi connectivity index (χ2v) is 9.15. The lowest BCUT2D eigenvalue weighted by atomic mass is 9.76. The van der Waals surface area contributed by atoms with Gasteiger partial charge in [0.15, 0.2) is 5.82 Å². The maximum atomic E-state index is 15.5. The van der Waals surface area contributed by atoms with Crippen molar-refractivity contribution in [3.05, 3.63) is 37.8 Å². The van der Waals surface area contributed by atoms with Crippen LogP contribution in [0.15, 0.2) is 9.59 Å². The molecule has 3 unspecified atom stereocenters. The lowest BCUT2D eigenvalue weighted by molar-refractivity contribution is -0.0794. The topological polar surface area (TPSA) is 84.1 Å². The molecule has 0 spiro atoms. The molecule has 3 aliphatic rings. The minimum atomic E-state index is -2.91. The number of alkyl halides is 2. The number of H-pyrrole nitrogens is 1. The van der Waals surface area contributed by atoms with Crippen molar-refractivity contribution in [2.45, 2.75) is 57.5 Å². The Kier molecular flexibility index (Phi) is 4.16. The second kappa shape index (κ2) is 6.35. The molecule has 3 fully saturated rings. The van der Waals surface area contributed by atoms with Crippen LogP contribution in [0.3, 0.4) is 0 Å². The Hall–Kier alpha value is -2.29. The average Bonchev–Trinajstić information content (AvgIpc) is 3.41. The van der Waals surface area contributed by atoms with Crippen molar-refractivity contribution in [1.29, 1.82) is 0 Å². The third kappa shape index (κ3) is 2.67. The van der Waals surface area contributed by atoms with E-state index in [-0.39, 0.29) is 35.9 Å². The number of rotatable bonds is 2. The van der Waals surface area contributed by atoms with Gasteiger partial charge in [-0.2, -0.15) is 0 Å². The van der Waals surface area contributed by atoms with E-state index in [1.807, 2.05) is 0 Å². The number of nitrogens with one attached hydrogen (secondary N) is 1. The van der Waals surface area contributed by atoms with Gasteiger partial charge in [-0.3, -0.25) is 14.3 Å². The third-order valence-corrected chi connectivity index (χ3v) is 7.28. The third-order valence-electron chi connectivity index (χ3n) is 7.28. The molecule has 0 radical (unpaired) electrons. The number of hydrogen-bond acceptors (Lipinski definition) is 4. The molecule has 2 heterocycles. The van der Waals surface area contributed by atoms with E-state index in [2.05, 4.69) is 4.98 Å². The van der Waals surface area contributed by atoms with Gasteiger partial charge in [-0.15, -0.1) is 0 Å². The quantitative estimate of drug-likeness (QED) is 0.779. The Morgan fingerprint density at radius 2 is 1.80 bits per heavy atom. The predicted octanol–water partition coefficient (Wildman–Crippen LogP) is 2.59. The van der Waals surface area contributed by atoms with E-state index in [9.17, 15) is 18.4 Å². The van der Waals surface area contributed by atoms with Gasteiger partial charge in [0, 0.05) is 42.6 Å². The fraction of sp³-hybridized carbons (Fsp3) is 0.619. The molecule has 2 aromatic rings. The molecule has 162 valence electrons. The molecule has 0 amide bonds. The van der Waals surface area contributed by atoms with Crippen LogP contribution in [0.1, 0.15) is 42.9 Å². The summed E-state index contributed by atoms with van der Waals surface area (Å²) in [5.41, 5.74) is 6.21. The van der Waals surface area contributed by atoms with Crippen LogP contribution in [0.5, 0.6) is 0 Å². The van der Waals surface area contributed by atoms with Crippen LogP contribution in [0.25, 0.3) is 10.9 Å². The Morgan fingerprint density at radius 3 is 2.47 bits per heavy atom. The molecular weight excluding hydrogens is 397 g/mol. The number of aryl methyl sites for hydroxylation is 2. The first-order chi connectivity index (χ1) is 14.1. The summed E-state index contributed by atoms with van der Waals surface area (Å²) in [4.78, 5) is 29.2. The molecule has 3 atom stereocenters. The Bertz CT molecular complexity index is 1170. The monoisotopic (exact) mass is 422 g/mol. The fourth-order valence-corrected chi connectivity index (χ4v) is 5.54. The van der Waals surface area contributed by atoms with Crippen molar-refractivity contribution in [2.24, 2.45) is 17.6 Å². The molecule has 5 rings (SSSR count). The van der Waals surface area contributed by atoms with Gasteiger partial charge in [0.05, 0.1) is 22.6 Å². The highest BCUT2D eigenvalue weighted by Crippen LogP contribution is 2.46. The van der Waals surface area contributed by atoms with Crippen molar-refractivity contribution >= 4 is 16.6 Å². The first-order valence-electron chi connectivity index (χ1n) is 10.5. The maximum absolute atomic E-state index is 15.5. The van der Waals surface area contributed by atoms with Crippen LogP contribution in [-0.4, -0.2) is 34.6 Å². The lowest BCUT2D eigenvalue weighted by Gasteiger charge is -2.36. The second-order valence-electron chi connectivity index (χ2n) is 9.15. The fourth-order valence-electron chi connectivity index (χ4n) is 5.54. The van der Waals surface area contributed by atoms with Crippen LogP contribution in [-0.2, 0) is 0 Å². The molecule has 1 aromatic heterocycles. The number of hydrogen-bond donors (Lipinski definition) is 2. The number of anilines is 1. The summed E-state index contributed by atoms with van der Waals surface area (Å²) in [5.74, 6) is -3.90. The minimum absolute atomic E-state index is 0.0125. The van der Waals surface area contributed by atoms with E-state index in [0.29, 0.717) is 29.7 Å². The standard InChI is InChI=1S/C21H25F3N4O2/c1-9-14-16(28(12-3-4-12)20(30)26-19(14)29)10(2)17(15(9)22)27-7-11-5-6-21(23,24)18(25)13(11)8-27/h11-13,18H,3-8,25H2,1-2H3,(H,26,29,30). The van der Waals surface area contributed by atoms with Crippen molar-refractivity contribution < 1.29 is 13.2 Å². The minimum Gasteiger partial charge on any atom is -0.368 e. The van der Waals surface area contributed by atoms with Gasteiger partial charge in [0.2, 0.25) is 0 Å². The molecule has 0 bridgehead atoms. The largest absolute Gasteiger partial charge is 0.368 e. The molecule has 2 aliphatic carbocycles. The summed E-state index contributed by atoms with van der Waals surface area (Å²) in [6, 6.07) is -1.26. The van der Waals surface area contributed by atoms with Gasteiger partial charge in [-0.25, -0.2) is 18.0 Å². The average molecular weight is 422 g/mol. The summed E-state index contributed by atoms with van der Waals surface area (Å²) < 4.78 is 45.4. The number of halogens is 3. The first kappa shape index (κ1) is 19.7. The van der Waals surface area contributed by atoms with E-state index in [0.717, 1.165) is 12.8 Å². The molecular formula is C21H25F3N4O2. The molecule has 1 aliphatic heterocycles. The first-order valence-corrected chi connectivity index (χ1v) is 10.5. The van der Waals surface area contributed by atoms with Gasteiger partial charge >= 0.3 is 5.69 Å².